The van der Waals surface area contributed by atoms with Gasteiger partial charge in [0.1, 0.15) is 0 Å². The van der Waals surface area contributed by atoms with Crippen molar-refractivity contribution >= 4 is 0 Å². The first-order valence-corrected chi connectivity index (χ1v) is 8.01. The van der Waals surface area contributed by atoms with E-state index in [1.54, 1.807) is 0 Å². The van der Waals surface area contributed by atoms with Gasteiger partial charge in [0.05, 0.1) is 0 Å². The van der Waals surface area contributed by atoms with Gasteiger partial charge >= 0.3 is 0 Å². The molecule has 0 amide bonds. The first-order chi connectivity index (χ1) is 10.2. The Morgan fingerprint density at radius 1 is 1.19 bits per heavy atom. The van der Waals surface area contributed by atoms with E-state index in [1.165, 1.54) is 44.7 Å². The standard InChI is InChI=1S/C18H23F2N/c1-2-3-4-5-14-6-8-15(9-7-14)10-11-16-12-17(19)18(20)21-13-16/h12-15H,2-9H2,1H3. The van der Waals surface area contributed by atoms with Crippen LogP contribution >= 0.6 is 0 Å². The molecule has 1 fully saturated rings. The SMILES string of the molecule is CCCCCC1CCC(C#Cc2cnc(F)c(F)c2)CC1. The zero-order valence-electron chi connectivity index (χ0n) is 12.7. The van der Waals surface area contributed by atoms with Gasteiger partial charge in [-0.15, -0.1) is 0 Å². The fraction of sp³-hybridized carbons (Fsp3) is 0.611. The van der Waals surface area contributed by atoms with Gasteiger partial charge in [0, 0.05) is 17.7 Å². The molecule has 3 heteroatoms. The van der Waals surface area contributed by atoms with E-state index in [0.717, 1.165) is 24.8 Å². The molecular weight excluding hydrogens is 268 g/mol. The van der Waals surface area contributed by atoms with Crippen LogP contribution in [-0.2, 0) is 0 Å². The zero-order chi connectivity index (χ0) is 15.1. The molecule has 0 atom stereocenters. The van der Waals surface area contributed by atoms with Crippen LogP contribution in [0, 0.1) is 35.4 Å². The number of halogens is 2. The molecule has 1 aliphatic carbocycles. The summed E-state index contributed by atoms with van der Waals surface area (Å²) >= 11 is 0. The lowest BCUT2D eigenvalue weighted by Gasteiger charge is -2.25. The first kappa shape index (κ1) is 15.9. The van der Waals surface area contributed by atoms with Crippen molar-refractivity contribution in [3.05, 3.63) is 29.6 Å². The molecule has 0 radical (unpaired) electrons. The lowest BCUT2D eigenvalue weighted by molar-refractivity contribution is 0.294. The largest absolute Gasteiger partial charge is 0.248 e. The summed E-state index contributed by atoms with van der Waals surface area (Å²) in [7, 11) is 0. The van der Waals surface area contributed by atoms with Crippen LogP contribution in [0.5, 0.6) is 0 Å². The van der Waals surface area contributed by atoms with Crippen molar-refractivity contribution in [2.75, 3.05) is 0 Å². The van der Waals surface area contributed by atoms with E-state index in [-0.39, 0.29) is 0 Å². The molecule has 1 nitrogen and oxygen atoms in total. The normalized spacial score (nSPS) is 21.7. The molecule has 0 spiro atoms. The smallest absolute Gasteiger partial charge is 0.224 e. The summed E-state index contributed by atoms with van der Waals surface area (Å²) in [6.07, 6.45) is 11.4. The van der Waals surface area contributed by atoms with Crippen molar-refractivity contribution in [3.63, 3.8) is 0 Å². The Balaban J connectivity index is 1.81. The van der Waals surface area contributed by atoms with Gasteiger partial charge in [0.25, 0.3) is 0 Å². The van der Waals surface area contributed by atoms with Crippen LogP contribution < -0.4 is 0 Å². The van der Waals surface area contributed by atoms with Gasteiger partial charge in [-0.05, 0) is 37.7 Å². The van der Waals surface area contributed by atoms with Crippen LogP contribution in [0.15, 0.2) is 12.3 Å². The fourth-order valence-electron chi connectivity index (χ4n) is 2.95. The van der Waals surface area contributed by atoms with Gasteiger partial charge < -0.3 is 0 Å². The van der Waals surface area contributed by atoms with Crippen molar-refractivity contribution < 1.29 is 8.78 Å². The van der Waals surface area contributed by atoms with E-state index in [0.29, 0.717) is 11.5 Å². The van der Waals surface area contributed by atoms with E-state index >= 15 is 0 Å². The van der Waals surface area contributed by atoms with Crippen LogP contribution in [0.2, 0.25) is 0 Å². The molecule has 0 bridgehead atoms. The highest BCUT2D eigenvalue weighted by Crippen LogP contribution is 2.31. The van der Waals surface area contributed by atoms with Crippen molar-refractivity contribution in [1.29, 1.82) is 0 Å². The van der Waals surface area contributed by atoms with Gasteiger partial charge in [-0.1, -0.05) is 44.4 Å². The number of nitrogens with zero attached hydrogens (tertiary/aromatic N) is 1. The molecule has 0 aromatic carbocycles. The van der Waals surface area contributed by atoms with E-state index in [4.69, 9.17) is 0 Å². The minimum absolute atomic E-state index is 0.389. The lowest BCUT2D eigenvalue weighted by atomic mass is 9.80. The Hall–Kier alpha value is -1.43. The number of hydrogen-bond donors (Lipinski definition) is 0. The van der Waals surface area contributed by atoms with E-state index < -0.39 is 11.8 Å². The molecule has 1 saturated carbocycles. The molecule has 1 heterocycles. The lowest BCUT2D eigenvalue weighted by Crippen LogP contribution is -2.13. The molecule has 0 unspecified atom stereocenters. The molecule has 1 aliphatic rings. The Morgan fingerprint density at radius 3 is 2.62 bits per heavy atom. The highest BCUT2D eigenvalue weighted by atomic mass is 19.2. The van der Waals surface area contributed by atoms with E-state index in [2.05, 4.69) is 23.7 Å². The molecule has 1 aromatic rings. The third-order valence-corrected chi connectivity index (χ3v) is 4.28. The Kier molecular flexibility index (Phi) is 6.17. The Labute approximate surface area is 126 Å². The van der Waals surface area contributed by atoms with Crippen LogP contribution in [0.4, 0.5) is 8.78 Å². The highest BCUT2D eigenvalue weighted by molar-refractivity contribution is 5.32. The minimum atomic E-state index is -1.06. The third kappa shape index (κ3) is 5.12. The summed E-state index contributed by atoms with van der Waals surface area (Å²) < 4.78 is 25.8. The maximum absolute atomic E-state index is 13.0. The highest BCUT2D eigenvalue weighted by Gasteiger charge is 2.19. The summed E-state index contributed by atoms with van der Waals surface area (Å²) in [4.78, 5) is 3.35. The molecular formula is C18H23F2N. The van der Waals surface area contributed by atoms with Crippen molar-refractivity contribution in [1.82, 2.24) is 4.98 Å². The predicted octanol–water partition coefficient (Wildman–Crippen LogP) is 5.10. The van der Waals surface area contributed by atoms with Gasteiger partial charge in [-0.3, -0.25) is 0 Å². The Bertz CT molecular complexity index is 508. The van der Waals surface area contributed by atoms with E-state index in [1.807, 2.05) is 0 Å². The molecule has 114 valence electrons. The van der Waals surface area contributed by atoms with Gasteiger partial charge in [0.15, 0.2) is 5.82 Å². The molecule has 0 N–H and O–H groups in total. The van der Waals surface area contributed by atoms with Crippen molar-refractivity contribution in [2.24, 2.45) is 11.8 Å². The maximum Gasteiger partial charge on any atom is 0.248 e. The van der Waals surface area contributed by atoms with Crippen LogP contribution in [0.25, 0.3) is 0 Å². The molecule has 0 aliphatic heterocycles. The number of unbranched alkanes of at least 4 members (excludes halogenated alkanes) is 2. The van der Waals surface area contributed by atoms with Crippen molar-refractivity contribution in [3.8, 4) is 11.8 Å². The van der Waals surface area contributed by atoms with E-state index in [9.17, 15) is 8.78 Å². The third-order valence-electron chi connectivity index (χ3n) is 4.28. The Morgan fingerprint density at radius 2 is 1.95 bits per heavy atom. The van der Waals surface area contributed by atoms with Crippen LogP contribution in [-0.4, -0.2) is 4.98 Å². The van der Waals surface area contributed by atoms with Gasteiger partial charge in [-0.2, -0.15) is 4.39 Å². The second-order valence-electron chi connectivity index (χ2n) is 5.98. The van der Waals surface area contributed by atoms with Gasteiger partial charge in [0.2, 0.25) is 5.95 Å². The number of rotatable bonds is 4. The maximum atomic E-state index is 13.0. The second-order valence-corrected chi connectivity index (χ2v) is 5.98. The van der Waals surface area contributed by atoms with Crippen LogP contribution in [0.3, 0.4) is 0 Å². The second kappa shape index (κ2) is 8.12. The van der Waals surface area contributed by atoms with Crippen molar-refractivity contribution in [2.45, 2.75) is 58.3 Å². The topological polar surface area (TPSA) is 12.9 Å². The monoisotopic (exact) mass is 291 g/mol. The predicted molar refractivity (Wildman–Crippen MR) is 80.6 cm³/mol. The average Bonchev–Trinajstić information content (AvgIpc) is 2.50. The summed E-state index contributed by atoms with van der Waals surface area (Å²) in [5, 5.41) is 0. The molecule has 0 saturated heterocycles. The van der Waals surface area contributed by atoms with Crippen LogP contribution in [0.1, 0.15) is 63.9 Å². The fourth-order valence-corrected chi connectivity index (χ4v) is 2.95. The summed E-state index contributed by atoms with van der Waals surface area (Å²) in [6.45, 7) is 2.24. The van der Waals surface area contributed by atoms with Gasteiger partial charge in [-0.25, -0.2) is 9.37 Å². The molecule has 1 aromatic heterocycles. The number of pyridine rings is 1. The molecule has 21 heavy (non-hydrogen) atoms. The quantitative estimate of drug-likeness (QED) is 0.427. The average molecular weight is 291 g/mol. The zero-order valence-corrected chi connectivity index (χ0v) is 12.7. The number of hydrogen-bond acceptors (Lipinski definition) is 1. The summed E-state index contributed by atoms with van der Waals surface area (Å²) in [6, 6.07) is 1.12. The summed E-state index contributed by atoms with van der Waals surface area (Å²) in [5.74, 6) is 5.38. The first-order valence-electron chi connectivity index (χ1n) is 8.01. The molecule has 2 rings (SSSR count). The number of aromatic nitrogens is 1. The summed E-state index contributed by atoms with van der Waals surface area (Å²) in [5.41, 5.74) is 0.457. The minimum Gasteiger partial charge on any atom is -0.224 e.